The van der Waals surface area contributed by atoms with Gasteiger partial charge in [0.2, 0.25) is 0 Å². The fourth-order valence-electron chi connectivity index (χ4n) is 4.56. The molecule has 5 nitrogen and oxygen atoms in total. The fraction of sp³-hybridized carbons (Fsp3) is 0.550. The number of Topliss-reactive ketones (excluding diaryl/α,β-unsaturated/α-hetero) is 1. The van der Waals surface area contributed by atoms with Crippen LogP contribution in [0.2, 0.25) is 0 Å². The van der Waals surface area contributed by atoms with E-state index in [0.717, 1.165) is 5.57 Å². The van der Waals surface area contributed by atoms with Gasteiger partial charge in [0.1, 0.15) is 10.5 Å². The number of nitrogens with zero attached hydrogens (tertiary/aromatic N) is 1. The number of hydrogen-bond acceptors (Lipinski definition) is 6. The zero-order chi connectivity index (χ0) is 23.2. The summed E-state index contributed by atoms with van der Waals surface area (Å²) in [7, 11) is -4.43. The molecule has 2 bridgehead atoms. The van der Waals surface area contributed by atoms with Gasteiger partial charge in [-0.1, -0.05) is 45.4 Å². The van der Waals surface area contributed by atoms with Gasteiger partial charge in [-0.3, -0.25) is 9.69 Å². The third-order valence-corrected chi connectivity index (χ3v) is 10.3. The standard InChI is InChI=1S/C20H23F3INO4S2/c1-12(2)7-4-5-8-16-18(26)19(30-24)11-14-15(25(16)13(19)3)9-6-10-17(14)29-31(27,28)20(21,22)23/h4-5,7-8,13,15-16H,1,6,9-11H2,2-3H3/b7-4-,8-5-. The van der Waals surface area contributed by atoms with Gasteiger partial charge in [0.05, 0.1) is 6.04 Å². The van der Waals surface area contributed by atoms with Crippen LogP contribution in [0.15, 0.2) is 47.8 Å². The highest BCUT2D eigenvalue weighted by atomic mass is 127. The van der Waals surface area contributed by atoms with Crippen LogP contribution in [-0.4, -0.2) is 47.5 Å². The molecule has 0 N–H and O–H groups in total. The Kier molecular flexibility index (Phi) is 7.10. The second kappa shape index (κ2) is 8.86. The Morgan fingerprint density at radius 2 is 2.06 bits per heavy atom. The van der Waals surface area contributed by atoms with Crippen molar-refractivity contribution in [1.29, 1.82) is 0 Å². The molecule has 2 fully saturated rings. The molecule has 0 saturated carbocycles. The lowest BCUT2D eigenvalue weighted by Crippen LogP contribution is -2.54. The molecule has 0 aromatic carbocycles. The van der Waals surface area contributed by atoms with Crippen LogP contribution in [-0.2, 0) is 19.1 Å². The quantitative estimate of drug-likeness (QED) is 0.184. The van der Waals surface area contributed by atoms with Gasteiger partial charge in [-0.05, 0) is 59.9 Å². The van der Waals surface area contributed by atoms with Crippen molar-refractivity contribution in [2.24, 2.45) is 0 Å². The molecule has 5 atom stereocenters. The molecular weight excluding hydrogens is 566 g/mol. The Bertz CT molecular complexity index is 973. The van der Waals surface area contributed by atoms with Crippen LogP contribution in [0.25, 0.3) is 0 Å². The smallest absolute Gasteiger partial charge is 0.381 e. The second-order valence-electron chi connectivity index (χ2n) is 8.01. The Balaban J connectivity index is 2.04. The largest absolute Gasteiger partial charge is 0.534 e. The van der Waals surface area contributed by atoms with Gasteiger partial charge in [-0.25, -0.2) is 0 Å². The summed E-state index contributed by atoms with van der Waals surface area (Å²) in [5.41, 5.74) is -4.15. The lowest BCUT2D eigenvalue weighted by atomic mass is 9.79. The number of piperidine rings is 1. The van der Waals surface area contributed by atoms with E-state index in [-0.39, 0.29) is 36.5 Å². The Hall–Kier alpha value is -0.790. The van der Waals surface area contributed by atoms with Crippen LogP contribution in [0.4, 0.5) is 13.2 Å². The van der Waals surface area contributed by atoms with Crippen LogP contribution >= 0.6 is 30.1 Å². The van der Waals surface area contributed by atoms with Crippen molar-refractivity contribution in [2.45, 2.75) is 67.9 Å². The molecule has 0 spiro atoms. The summed E-state index contributed by atoms with van der Waals surface area (Å²) in [6.45, 7) is 7.58. The van der Waals surface area contributed by atoms with Crippen LogP contribution < -0.4 is 0 Å². The predicted octanol–water partition coefficient (Wildman–Crippen LogP) is 5.22. The predicted molar refractivity (Wildman–Crippen MR) is 123 cm³/mol. The zero-order valence-electron chi connectivity index (χ0n) is 17.0. The molecule has 2 aliphatic heterocycles. The molecule has 1 aliphatic carbocycles. The Morgan fingerprint density at radius 3 is 2.65 bits per heavy atom. The number of fused-ring (bicyclic) bond motifs is 4. The minimum absolute atomic E-state index is 0.0284. The van der Waals surface area contributed by atoms with Gasteiger partial charge in [0.15, 0.2) is 5.78 Å². The lowest BCUT2D eigenvalue weighted by molar-refractivity contribution is -0.120. The molecule has 11 heteroatoms. The molecule has 0 amide bonds. The van der Waals surface area contributed by atoms with Crippen molar-refractivity contribution < 1.29 is 30.6 Å². The second-order valence-corrected chi connectivity index (χ2v) is 11.7. The van der Waals surface area contributed by atoms with Crippen molar-refractivity contribution in [2.75, 3.05) is 0 Å². The van der Waals surface area contributed by atoms with Crippen LogP contribution in [0, 0.1) is 0 Å². The molecule has 2 heterocycles. The Labute approximate surface area is 196 Å². The highest BCUT2D eigenvalue weighted by molar-refractivity contribution is 14.2. The number of allylic oxidation sites excluding steroid dienone is 5. The maximum absolute atomic E-state index is 13.5. The molecule has 172 valence electrons. The first-order valence-electron chi connectivity index (χ1n) is 9.70. The zero-order valence-corrected chi connectivity index (χ0v) is 20.8. The van der Waals surface area contributed by atoms with E-state index >= 15 is 0 Å². The van der Waals surface area contributed by atoms with Crippen molar-refractivity contribution in [3.8, 4) is 0 Å². The maximum atomic E-state index is 13.5. The summed E-state index contributed by atoms with van der Waals surface area (Å²) in [6.07, 6.45) is 8.53. The van der Waals surface area contributed by atoms with E-state index < -0.39 is 26.4 Å². The monoisotopic (exact) mass is 589 g/mol. The van der Waals surface area contributed by atoms with E-state index in [9.17, 15) is 26.4 Å². The first-order chi connectivity index (χ1) is 14.4. The van der Waals surface area contributed by atoms with E-state index in [0.29, 0.717) is 18.4 Å². The molecule has 0 aromatic rings. The number of carbonyl (C=O) groups is 1. The maximum Gasteiger partial charge on any atom is 0.534 e. The number of hydrogen-bond donors (Lipinski definition) is 0. The SMILES string of the molecule is C=C(C)/C=C\C=C/C1C(=O)C2(SI)CC3=C(OS(=O)(=O)C(F)(F)F)CCCC3N1C2C. The van der Waals surface area contributed by atoms with E-state index in [4.69, 9.17) is 0 Å². The number of carbonyl (C=O) groups excluding carboxylic acids is 1. The van der Waals surface area contributed by atoms with E-state index in [2.05, 4.69) is 10.8 Å². The minimum atomic E-state index is -5.76. The first kappa shape index (κ1) is 24.8. The summed E-state index contributed by atoms with van der Waals surface area (Å²) in [5.74, 6) is -0.195. The third-order valence-electron chi connectivity index (χ3n) is 6.00. The summed E-state index contributed by atoms with van der Waals surface area (Å²) >= 11 is 2.05. The lowest BCUT2D eigenvalue weighted by Gasteiger charge is -2.46. The van der Waals surface area contributed by atoms with Crippen LogP contribution in [0.5, 0.6) is 0 Å². The number of rotatable bonds is 6. The van der Waals surface area contributed by atoms with Crippen LogP contribution in [0.1, 0.15) is 39.5 Å². The first-order valence-corrected chi connectivity index (χ1v) is 14.5. The van der Waals surface area contributed by atoms with Gasteiger partial charge in [-0.15, -0.1) is 0 Å². The number of halogens is 4. The van der Waals surface area contributed by atoms with E-state index in [1.165, 1.54) is 8.93 Å². The van der Waals surface area contributed by atoms with Crippen molar-refractivity contribution in [3.63, 3.8) is 0 Å². The number of alkyl halides is 3. The number of ketones is 1. The van der Waals surface area contributed by atoms with E-state index in [1.807, 2.05) is 46.0 Å². The van der Waals surface area contributed by atoms with Crippen molar-refractivity contribution >= 4 is 46.0 Å². The highest BCUT2D eigenvalue weighted by Crippen LogP contribution is 2.56. The molecule has 3 rings (SSSR count). The summed E-state index contributed by atoms with van der Waals surface area (Å²) in [6, 6.07) is -1.05. The van der Waals surface area contributed by atoms with Gasteiger partial charge in [0.25, 0.3) is 0 Å². The van der Waals surface area contributed by atoms with Gasteiger partial charge >= 0.3 is 15.6 Å². The molecular formula is C20H23F3INO4S2. The molecule has 0 radical (unpaired) electrons. The van der Waals surface area contributed by atoms with Gasteiger partial charge in [-0.2, -0.15) is 21.6 Å². The average molecular weight is 589 g/mol. The summed E-state index contributed by atoms with van der Waals surface area (Å²) in [4.78, 5) is 15.5. The minimum Gasteiger partial charge on any atom is -0.381 e. The Morgan fingerprint density at radius 1 is 1.39 bits per heavy atom. The average Bonchev–Trinajstić information content (AvgIpc) is 2.79. The molecule has 3 aliphatic rings. The van der Waals surface area contributed by atoms with E-state index in [1.54, 1.807) is 18.2 Å². The third kappa shape index (κ3) is 4.39. The normalized spacial score (nSPS) is 33.9. The summed E-state index contributed by atoms with van der Waals surface area (Å²) < 4.78 is 65.7. The topological polar surface area (TPSA) is 63.7 Å². The fourth-order valence-corrected chi connectivity index (χ4v) is 7.99. The van der Waals surface area contributed by atoms with Crippen molar-refractivity contribution in [1.82, 2.24) is 4.90 Å². The molecule has 5 unspecified atom stereocenters. The van der Waals surface area contributed by atoms with Gasteiger partial charge in [0, 0.05) is 18.5 Å². The molecule has 0 aromatic heterocycles. The summed E-state index contributed by atoms with van der Waals surface area (Å²) in [5, 5.41) is 0. The van der Waals surface area contributed by atoms with Crippen LogP contribution in [0.3, 0.4) is 0 Å². The van der Waals surface area contributed by atoms with Gasteiger partial charge < -0.3 is 4.18 Å². The molecule has 31 heavy (non-hydrogen) atoms. The highest BCUT2D eigenvalue weighted by Gasteiger charge is 2.63. The van der Waals surface area contributed by atoms with Crippen molar-refractivity contribution in [3.05, 3.63) is 47.8 Å². The molecule has 2 saturated heterocycles.